The van der Waals surface area contributed by atoms with Crippen LogP contribution in [0, 0.1) is 29.0 Å². The van der Waals surface area contributed by atoms with Gasteiger partial charge in [0, 0.05) is 11.3 Å². The van der Waals surface area contributed by atoms with Gasteiger partial charge in [0.25, 0.3) is 0 Å². The van der Waals surface area contributed by atoms with Gasteiger partial charge in [-0.15, -0.1) is 0 Å². The summed E-state index contributed by atoms with van der Waals surface area (Å²) in [6, 6.07) is 6.31. The predicted octanol–water partition coefficient (Wildman–Crippen LogP) is 5.54. The molecule has 1 aromatic carbocycles. The zero-order valence-electron chi connectivity index (χ0n) is 17.0. The maximum Gasteiger partial charge on any atom is 0.358 e. The quantitative estimate of drug-likeness (QED) is 0.652. The Hall–Kier alpha value is -2.17. The number of hydrogen-bond donors (Lipinski definition) is 1. The van der Waals surface area contributed by atoms with Crippen molar-refractivity contribution in [3.8, 4) is 11.4 Å². The topological polar surface area (TPSA) is 55.0 Å². The van der Waals surface area contributed by atoms with Crippen molar-refractivity contribution in [2.24, 2.45) is 23.2 Å². The van der Waals surface area contributed by atoms with Gasteiger partial charge in [-0.3, -0.25) is 0 Å². The molecule has 6 rings (SSSR count). The Morgan fingerprint density at radius 2 is 1.90 bits per heavy atom. The third kappa shape index (κ3) is 3.60. The highest BCUT2D eigenvalue weighted by Gasteiger charge is 2.50. The summed E-state index contributed by atoms with van der Waals surface area (Å²) in [6.45, 7) is 2.11. The second kappa shape index (κ2) is 7.26. The molecule has 1 heterocycles. The number of benzene rings is 1. The van der Waals surface area contributed by atoms with Crippen molar-refractivity contribution >= 4 is 5.97 Å². The Morgan fingerprint density at radius 1 is 1.21 bits per heavy atom. The number of carbonyl (C=O) groups is 1. The minimum absolute atomic E-state index is 0.313. The number of ether oxygens (including phenoxy) is 1. The molecule has 0 amide bonds. The predicted molar refractivity (Wildman–Crippen MR) is 109 cm³/mol. The fourth-order valence-corrected chi connectivity index (χ4v) is 6.72. The van der Waals surface area contributed by atoms with Crippen LogP contribution in [-0.2, 0) is 11.2 Å². The molecule has 0 spiro atoms. The molecule has 29 heavy (non-hydrogen) atoms. The number of imidazole rings is 1. The Bertz CT molecular complexity index is 884. The highest BCUT2D eigenvalue weighted by molar-refractivity contribution is 5.89. The minimum Gasteiger partial charge on any atom is -0.461 e. The van der Waals surface area contributed by atoms with E-state index >= 15 is 0 Å². The van der Waals surface area contributed by atoms with Crippen LogP contribution in [0.3, 0.4) is 0 Å². The van der Waals surface area contributed by atoms with Gasteiger partial charge in [0.1, 0.15) is 11.6 Å². The summed E-state index contributed by atoms with van der Waals surface area (Å²) in [5.41, 5.74) is 2.27. The van der Waals surface area contributed by atoms with Crippen LogP contribution in [-0.4, -0.2) is 22.5 Å². The molecule has 0 unspecified atom stereocenters. The van der Waals surface area contributed by atoms with E-state index in [4.69, 9.17) is 4.74 Å². The lowest BCUT2D eigenvalue weighted by Gasteiger charge is -2.57. The van der Waals surface area contributed by atoms with E-state index in [1.807, 2.05) is 0 Å². The normalized spacial score (nSPS) is 29.9. The molecule has 0 saturated heterocycles. The van der Waals surface area contributed by atoms with E-state index in [1.165, 1.54) is 50.7 Å². The largest absolute Gasteiger partial charge is 0.461 e. The fourth-order valence-electron chi connectivity index (χ4n) is 6.72. The molecule has 0 radical (unpaired) electrons. The number of halogens is 1. The van der Waals surface area contributed by atoms with Crippen LogP contribution in [0.15, 0.2) is 24.3 Å². The molecule has 5 heteroatoms. The van der Waals surface area contributed by atoms with Crippen molar-refractivity contribution in [3.63, 3.8) is 0 Å². The lowest BCUT2D eigenvalue weighted by molar-refractivity contribution is -0.0571. The van der Waals surface area contributed by atoms with Gasteiger partial charge in [-0.2, -0.15) is 0 Å². The molecule has 4 bridgehead atoms. The molecule has 154 valence electrons. The second-order valence-corrected chi connectivity index (χ2v) is 9.56. The van der Waals surface area contributed by atoms with Crippen LogP contribution in [0.4, 0.5) is 4.39 Å². The molecular formula is C24H29FN2O2. The van der Waals surface area contributed by atoms with Gasteiger partial charge in [-0.25, -0.2) is 14.2 Å². The summed E-state index contributed by atoms with van der Waals surface area (Å²) in [5.74, 6) is 2.56. The molecule has 4 aliphatic rings. The molecular weight excluding hydrogens is 367 g/mol. The average molecular weight is 397 g/mol. The van der Waals surface area contributed by atoms with Gasteiger partial charge in [-0.05, 0) is 93.6 Å². The number of aromatic nitrogens is 2. The maximum absolute atomic E-state index is 13.7. The van der Waals surface area contributed by atoms with Crippen LogP contribution in [0.5, 0.6) is 0 Å². The summed E-state index contributed by atoms with van der Waals surface area (Å²) in [5, 5.41) is 0. The Balaban J connectivity index is 1.40. The number of aromatic amines is 1. The van der Waals surface area contributed by atoms with E-state index in [2.05, 4.69) is 9.97 Å². The first-order valence-corrected chi connectivity index (χ1v) is 11.1. The number of rotatable bonds is 6. The minimum atomic E-state index is -0.396. The first kappa shape index (κ1) is 18.8. The molecule has 2 aromatic rings. The summed E-state index contributed by atoms with van der Waals surface area (Å²) in [6.07, 6.45) is 10.2. The smallest absolute Gasteiger partial charge is 0.358 e. The van der Waals surface area contributed by atoms with E-state index in [0.29, 0.717) is 29.1 Å². The number of aryl methyl sites for hydroxylation is 1. The number of esters is 1. The number of hydrogen-bond acceptors (Lipinski definition) is 3. The van der Waals surface area contributed by atoms with Gasteiger partial charge in [0.2, 0.25) is 0 Å². The third-order valence-electron chi connectivity index (χ3n) is 7.42. The molecule has 0 atom stereocenters. The number of carbonyl (C=O) groups excluding carboxylic acids is 1. The van der Waals surface area contributed by atoms with Crippen molar-refractivity contribution in [1.82, 2.24) is 9.97 Å². The molecule has 4 aliphatic carbocycles. The summed E-state index contributed by atoms with van der Waals surface area (Å²) in [7, 11) is 0. The number of nitrogens with one attached hydrogen (secondary N) is 1. The standard InChI is InChI=1S/C24H29FN2O2/c1-2-29-23(28)21-20(26-22(27-21)18-4-3-5-19(25)11-18)6-7-24-12-15-8-16(13-24)10-17(9-15)14-24/h3-5,11,15-17H,2,6-10,12-14H2,1H3,(H,26,27). The molecule has 1 aromatic heterocycles. The zero-order chi connectivity index (χ0) is 20.0. The maximum atomic E-state index is 13.7. The van der Waals surface area contributed by atoms with Gasteiger partial charge in [0.15, 0.2) is 5.69 Å². The first-order valence-electron chi connectivity index (χ1n) is 11.1. The van der Waals surface area contributed by atoms with E-state index in [9.17, 15) is 9.18 Å². The van der Waals surface area contributed by atoms with Crippen LogP contribution in [0.2, 0.25) is 0 Å². The van der Waals surface area contributed by atoms with Crippen LogP contribution in [0.1, 0.15) is 68.1 Å². The first-order chi connectivity index (χ1) is 14.0. The van der Waals surface area contributed by atoms with E-state index in [-0.39, 0.29) is 5.82 Å². The van der Waals surface area contributed by atoms with Crippen molar-refractivity contribution in [1.29, 1.82) is 0 Å². The Morgan fingerprint density at radius 3 is 2.52 bits per heavy atom. The molecule has 4 fully saturated rings. The molecule has 0 aliphatic heterocycles. The van der Waals surface area contributed by atoms with Crippen LogP contribution in [0.25, 0.3) is 11.4 Å². The van der Waals surface area contributed by atoms with Crippen molar-refractivity contribution in [3.05, 3.63) is 41.5 Å². The second-order valence-electron chi connectivity index (χ2n) is 9.56. The SMILES string of the molecule is CCOC(=O)c1nc(-c2cccc(F)c2)[nH]c1CCC12CC3CC(CC(C3)C1)C2. The fraction of sp³-hybridized carbons (Fsp3) is 0.583. The van der Waals surface area contributed by atoms with Gasteiger partial charge in [0.05, 0.1) is 6.61 Å². The molecule has 4 saturated carbocycles. The monoisotopic (exact) mass is 396 g/mol. The van der Waals surface area contributed by atoms with E-state index < -0.39 is 5.97 Å². The van der Waals surface area contributed by atoms with Gasteiger partial charge in [-0.1, -0.05) is 12.1 Å². The molecule has 4 nitrogen and oxygen atoms in total. The summed E-state index contributed by atoms with van der Waals surface area (Å²) in [4.78, 5) is 20.3. The molecule has 1 N–H and O–H groups in total. The Labute approximate surface area is 171 Å². The van der Waals surface area contributed by atoms with Crippen molar-refractivity contribution in [2.45, 2.75) is 58.3 Å². The van der Waals surface area contributed by atoms with E-state index in [1.54, 1.807) is 19.1 Å². The lowest BCUT2D eigenvalue weighted by Crippen LogP contribution is -2.46. The Kier molecular flexibility index (Phi) is 4.72. The highest BCUT2D eigenvalue weighted by atomic mass is 19.1. The van der Waals surface area contributed by atoms with Crippen LogP contribution >= 0.6 is 0 Å². The van der Waals surface area contributed by atoms with Gasteiger partial charge < -0.3 is 9.72 Å². The summed E-state index contributed by atoms with van der Waals surface area (Å²) >= 11 is 0. The number of H-pyrrole nitrogens is 1. The van der Waals surface area contributed by atoms with Crippen LogP contribution < -0.4 is 0 Å². The van der Waals surface area contributed by atoms with E-state index in [0.717, 1.165) is 36.3 Å². The van der Waals surface area contributed by atoms with Crippen molar-refractivity contribution in [2.75, 3.05) is 6.61 Å². The highest BCUT2D eigenvalue weighted by Crippen LogP contribution is 2.61. The average Bonchev–Trinajstić information content (AvgIpc) is 3.10. The van der Waals surface area contributed by atoms with Crippen molar-refractivity contribution < 1.29 is 13.9 Å². The van der Waals surface area contributed by atoms with Gasteiger partial charge >= 0.3 is 5.97 Å². The summed E-state index contributed by atoms with van der Waals surface area (Å²) < 4.78 is 18.9. The lowest BCUT2D eigenvalue weighted by atomic mass is 9.48. The number of nitrogens with zero attached hydrogens (tertiary/aromatic N) is 1. The third-order valence-corrected chi connectivity index (χ3v) is 7.42. The zero-order valence-corrected chi connectivity index (χ0v) is 17.0.